The third-order valence-electron chi connectivity index (χ3n) is 4.93. The average Bonchev–Trinajstić information content (AvgIpc) is 2.64. The second-order valence-electron chi connectivity index (χ2n) is 6.83. The summed E-state index contributed by atoms with van der Waals surface area (Å²) in [5.74, 6) is -0.672. The number of hydrogen-bond donors (Lipinski definition) is 2. The van der Waals surface area contributed by atoms with Crippen molar-refractivity contribution in [2.45, 2.75) is 39.0 Å². The van der Waals surface area contributed by atoms with E-state index in [-0.39, 0.29) is 5.75 Å². The molecule has 0 saturated heterocycles. The highest BCUT2D eigenvalue weighted by atomic mass is 16.4. The molecule has 0 unspecified atom stereocenters. The van der Waals surface area contributed by atoms with Gasteiger partial charge in [-0.25, -0.2) is 4.79 Å². The third kappa shape index (κ3) is 4.23. The van der Waals surface area contributed by atoms with E-state index in [9.17, 15) is 9.90 Å². The van der Waals surface area contributed by atoms with Gasteiger partial charge in [0.2, 0.25) is 0 Å². The minimum Gasteiger partial charge on any atom is -0.508 e. The van der Waals surface area contributed by atoms with Gasteiger partial charge in [-0.15, -0.1) is 0 Å². The molecule has 0 heterocycles. The van der Waals surface area contributed by atoms with E-state index < -0.39 is 5.97 Å². The number of allylic oxidation sites excluding steroid dienone is 1. The molecule has 134 valence electrons. The van der Waals surface area contributed by atoms with Gasteiger partial charge in [0, 0.05) is 6.08 Å². The zero-order chi connectivity index (χ0) is 18.5. The fourth-order valence-electron chi connectivity index (χ4n) is 3.61. The summed E-state index contributed by atoms with van der Waals surface area (Å²) in [4.78, 5) is 10.8. The summed E-state index contributed by atoms with van der Waals surface area (Å²) in [6, 6.07) is 13.6. The molecule has 2 aromatic rings. The molecular weight excluding hydrogens is 324 g/mol. The van der Waals surface area contributed by atoms with Crippen LogP contribution in [0.2, 0.25) is 0 Å². The molecule has 2 aromatic carbocycles. The van der Waals surface area contributed by atoms with Crippen molar-refractivity contribution in [2.24, 2.45) is 0 Å². The Morgan fingerprint density at radius 2 is 1.62 bits per heavy atom. The zero-order valence-corrected chi connectivity index (χ0v) is 15.0. The monoisotopic (exact) mass is 348 g/mol. The maximum Gasteiger partial charge on any atom is 0.328 e. The van der Waals surface area contributed by atoms with E-state index in [2.05, 4.69) is 12.1 Å². The van der Waals surface area contributed by atoms with E-state index >= 15 is 0 Å². The van der Waals surface area contributed by atoms with E-state index in [0.717, 1.165) is 35.1 Å². The van der Waals surface area contributed by atoms with Crippen LogP contribution in [0.15, 0.2) is 54.1 Å². The molecule has 0 spiro atoms. The van der Waals surface area contributed by atoms with Crippen molar-refractivity contribution in [1.82, 2.24) is 0 Å². The molecule has 26 heavy (non-hydrogen) atoms. The molecule has 0 radical (unpaired) electrons. The number of aromatic hydroxyl groups is 1. The van der Waals surface area contributed by atoms with Crippen molar-refractivity contribution in [3.8, 4) is 5.75 Å². The van der Waals surface area contributed by atoms with Gasteiger partial charge in [0.15, 0.2) is 0 Å². The zero-order valence-electron chi connectivity index (χ0n) is 15.0. The van der Waals surface area contributed by atoms with Crippen molar-refractivity contribution in [3.63, 3.8) is 0 Å². The normalized spacial score (nSPS) is 14.6. The molecule has 0 bridgehead atoms. The first kappa shape index (κ1) is 18.0. The maximum absolute atomic E-state index is 10.8. The highest BCUT2D eigenvalue weighted by Gasteiger charge is 2.15. The standard InChI is InChI=1S/C23H24O3/c1-16-15-20(8-7-17(16)11-14-22(25)26)23(18-5-3-2-4-6-18)19-9-12-21(24)13-10-19/h7-15,24H,2-6H2,1H3,(H,25,26). The van der Waals surface area contributed by atoms with Gasteiger partial charge in [-0.1, -0.05) is 42.3 Å². The molecule has 1 aliphatic carbocycles. The number of carboxylic acid groups (broad SMARTS) is 1. The lowest BCUT2D eigenvalue weighted by Gasteiger charge is -2.21. The fourth-order valence-corrected chi connectivity index (χ4v) is 3.61. The van der Waals surface area contributed by atoms with Gasteiger partial charge in [0.05, 0.1) is 0 Å². The Balaban J connectivity index is 2.06. The van der Waals surface area contributed by atoms with Crippen molar-refractivity contribution >= 4 is 17.6 Å². The molecule has 0 atom stereocenters. The van der Waals surface area contributed by atoms with E-state index in [4.69, 9.17) is 5.11 Å². The number of rotatable bonds is 4. The minimum atomic E-state index is -0.942. The molecule has 2 N–H and O–H groups in total. The smallest absolute Gasteiger partial charge is 0.328 e. The van der Waals surface area contributed by atoms with Crippen molar-refractivity contribution in [1.29, 1.82) is 0 Å². The predicted molar refractivity (Wildman–Crippen MR) is 105 cm³/mol. The number of aryl methyl sites for hydroxylation is 1. The summed E-state index contributed by atoms with van der Waals surface area (Å²) in [6.45, 7) is 2.00. The van der Waals surface area contributed by atoms with E-state index in [1.807, 2.05) is 25.1 Å². The van der Waals surface area contributed by atoms with Gasteiger partial charge >= 0.3 is 5.97 Å². The molecule has 0 aliphatic heterocycles. The minimum absolute atomic E-state index is 0.270. The maximum atomic E-state index is 10.8. The second kappa shape index (κ2) is 8.05. The van der Waals surface area contributed by atoms with Crippen molar-refractivity contribution in [3.05, 3.63) is 76.4 Å². The van der Waals surface area contributed by atoms with Crippen molar-refractivity contribution < 1.29 is 15.0 Å². The molecule has 3 rings (SSSR count). The van der Waals surface area contributed by atoms with Crippen LogP contribution in [0.1, 0.15) is 54.4 Å². The summed E-state index contributed by atoms with van der Waals surface area (Å²) in [5, 5.41) is 18.5. The summed E-state index contributed by atoms with van der Waals surface area (Å²) < 4.78 is 0. The topological polar surface area (TPSA) is 57.5 Å². The molecule has 0 aromatic heterocycles. The lowest BCUT2D eigenvalue weighted by molar-refractivity contribution is -0.131. The van der Waals surface area contributed by atoms with Crippen molar-refractivity contribution in [2.75, 3.05) is 0 Å². The number of phenols is 1. The molecule has 3 heteroatoms. The number of hydrogen-bond acceptors (Lipinski definition) is 2. The first-order valence-electron chi connectivity index (χ1n) is 9.08. The van der Waals surface area contributed by atoms with Crippen LogP contribution in [0.5, 0.6) is 5.75 Å². The first-order chi connectivity index (χ1) is 12.5. The summed E-state index contributed by atoms with van der Waals surface area (Å²) >= 11 is 0. The Kier molecular flexibility index (Phi) is 5.57. The summed E-state index contributed by atoms with van der Waals surface area (Å²) in [7, 11) is 0. The van der Waals surface area contributed by atoms with Crippen LogP contribution in [-0.2, 0) is 4.79 Å². The van der Waals surface area contributed by atoms with Gasteiger partial charge in [0.1, 0.15) is 5.75 Å². The largest absolute Gasteiger partial charge is 0.508 e. The average molecular weight is 348 g/mol. The fraction of sp³-hybridized carbons (Fsp3) is 0.261. The van der Waals surface area contributed by atoms with E-state index in [0.29, 0.717) is 0 Å². The molecule has 1 fully saturated rings. The number of aliphatic carboxylic acids is 1. The molecule has 1 aliphatic rings. The Bertz CT molecular complexity index is 850. The van der Waals surface area contributed by atoms with Gasteiger partial charge < -0.3 is 10.2 Å². The van der Waals surface area contributed by atoms with Crippen LogP contribution in [0.25, 0.3) is 11.6 Å². The predicted octanol–water partition coefficient (Wildman–Crippen LogP) is 5.56. The Morgan fingerprint density at radius 3 is 2.23 bits per heavy atom. The van der Waals surface area contributed by atoms with Crippen LogP contribution in [0.4, 0.5) is 0 Å². The number of carboxylic acids is 1. The van der Waals surface area contributed by atoms with E-state index in [1.165, 1.54) is 36.5 Å². The van der Waals surface area contributed by atoms with Gasteiger partial charge in [-0.3, -0.25) is 0 Å². The number of carbonyl (C=O) groups is 1. The lowest BCUT2D eigenvalue weighted by atomic mass is 9.84. The number of benzene rings is 2. The lowest BCUT2D eigenvalue weighted by Crippen LogP contribution is -2.01. The molecule has 0 amide bonds. The Labute approximate surface area is 154 Å². The highest BCUT2D eigenvalue weighted by Crippen LogP contribution is 2.36. The van der Waals surface area contributed by atoms with Crippen LogP contribution in [0.3, 0.4) is 0 Å². The Morgan fingerprint density at radius 1 is 0.962 bits per heavy atom. The summed E-state index contributed by atoms with van der Waals surface area (Å²) in [5.41, 5.74) is 6.95. The quantitative estimate of drug-likeness (QED) is 0.711. The van der Waals surface area contributed by atoms with Gasteiger partial charge in [-0.05, 0) is 78.6 Å². The Hall–Kier alpha value is -2.81. The third-order valence-corrected chi connectivity index (χ3v) is 4.93. The van der Waals surface area contributed by atoms with Crippen LogP contribution in [0, 0.1) is 6.92 Å². The second-order valence-corrected chi connectivity index (χ2v) is 6.83. The van der Waals surface area contributed by atoms with Gasteiger partial charge in [0.25, 0.3) is 0 Å². The van der Waals surface area contributed by atoms with Crippen LogP contribution >= 0.6 is 0 Å². The van der Waals surface area contributed by atoms with Crippen LogP contribution < -0.4 is 0 Å². The van der Waals surface area contributed by atoms with E-state index in [1.54, 1.807) is 18.2 Å². The summed E-state index contributed by atoms with van der Waals surface area (Å²) in [6.07, 6.45) is 8.73. The molecule has 1 saturated carbocycles. The number of phenolic OH excluding ortho intramolecular Hbond substituents is 1. The first-order valence-corrected chi connectivity index (χ1v) is 9.08. The van der Waals surface area contributed by atoms with Crippen LogP contribution in [-0.4, -0.2) is 16.2 Å². The molecule has 3 nitrogen and oxygen atoms in total. The SMILES string of the molecule is Cc1cc(C(=C2CCCCC2)c2ccc(O)cc2)ccc1C=CC(=O)O. The highest BCUT2D eigenvalue weighted by molar-refractivity contribution is 5.86. The van der Waals surface area contributed by atoms with Gasteiger partial charge in [-0.2, -0.15) is 0 Å². The molecular formula is C23H24O3.